The third-order valence-corrected chi connectivity index (χ3v) is 2.56. The molecule has 4 heteroatoms. The Balaban J connectivity index is 2.57. The largest absolute Gasteiger partial charge is 0.495 e. The molecule has 0 aliphatic heterocycles. The summed E-state index contributed by atoms with van der Waals surface area (Å²) < 4.78 is 5.16. The van der Waals surface area contributed by atoms with Crippen LogP contribution in [-0.4, -0.2) is 30.2 Å². The van der Waals surface area contributed by atoms with Crippen molar-refractivity contribution in [3.8, 4) is 5.75 Å². The zero-order valence-corrected chi connectivity index (χ0v) is 9.62. The van der Waals surface area contributed by atoms with E-state index < -0.39 is 0 Å². The minimum absolute atomic E-state index is 0.389. The number of aliphatic hydroxyl groups excluding tert-OH is 1. The van der Waals surface area contributed by atoms with E-state index in [-0.39, 0.29) is 6.10 Å². The fourth-order valence-corrected chi connectivity index (χ4v) is 1.30. The van der Waals surface area contributed by atoms with Gasteiger partial charge in [0.15, 0.2) is 0 Å². The van der Waals surface area contributed by atoms with Crippen molar-refractivity contribution in [3.63, 3.8) is 0 Å². The zero-order valence-electron chi connectivity index (χ0n) is 8.03. The van der Waals surface area contributed by atoms with Gasteiger partial charge in [-0.2, -0.15) is 0 Å². The summed E-state index contributed by atoms with van der Waals surface area (Å²) >= 11 is 3.20. The van der Waals surface area contributed by atoms with E-state index in [1.807, 2.05) is 24.3 Å². The van der Waals surface area contributed by atoms with Crippen LogP contribution >= 0.6 is 15.9 Å². The number of rotatable bonds is 5. The van der Waals surface area contributed by atoms with Crippen molar-refractivity contribution < 1.29 is 9.84 Å². The minimum atomic E-state index is -0.389. The van der Waals surface area contributed by atoms with Crippen LogP contribution < -0.4 is 10.1 Å². The average Bonchev–Trinajstić information content (AvgIpc) is 2.26. The predicted molar refractivity (Wildman–Crippen MR) is 61.3 cm³/mol. The summed E-state index contributed by atoms with van der Waals surface area (Å²) in [5.74, 6) is 0.786. The van der Waals surface area contributed by atoms with Gasteiger partial charge < -0.3 is 15.2 Å². The summed E-state index contributed by atoms with van der Waals surface area (Å²) in [6.45, 7) is 0.506. The van der Waals surface area contributed by atoms with Crippen molar-refractivity contribution in [2.24, 2.45) is 0 Å². The van der Waals surface area contributed by atoms with Crippen LogP contribution in [0.3, 0.4) is 0 Å². The molecule has 1 rings (SSSR count). The summed E-state index contributed by atoms with van der Waals surface area (Å²) in [4.78, 5) is 0. The molecule has 3 nitrogen and oxygen atoms in total. The zero-order chi connectivity index (χ0) is 10.4. The lowest BCUT2D eigenvalue weighted by Crippen LogP contribution is -2.20. The van der Waals surface area contributed by atoms with E-state index in [2.05, 4.69) is 21.2 Å². The molecule has 0 bridgehead atoms. The lowest BCUT2D eigenvalue weighted by atomic mass is 10.3. The van der Waals surface area contributed by atoms with Crippen LogP contribution in [0.4, 0.5) is 5.69 Å². The molecule has 0 fully saturated rings. The molecule has 0 spiro atoms. The average molecular weight is 260 g/mol. The maximum atomic E-state index is 9.33. The Kier molecular flexibility index (Phi) is 4.76. The molecular formula is C10H14BrNO2. The van der Waals surface area contributed by atoms with Gasteiger partial charge in [-0.25, -0.2) is 0 Å². The second-order valence-corrected chi connectivity index (χ2v) is 3.54. The van der Waals surface area contributed by atoms with Crippen LogP contribution in [0, 0.1) is 0 Å². The quantitative estimate of drug-likeness (QED) is 0.794. The van der Waals surface area contributed by atoms with Crippen LogP contribution in [0.5, 0.6) is 5.75 Å². The summed E-state index contributed by atoms with van der Waals surface area (Å²) in [6, 6.07) is 7.62. The van der Waals surface area contributed by atoms with Crippen molar-refractivity contribution in [2.45, 2.75) is 6.10 Å². The van der Waals surface area contributed by atoms with Gasteiger partial charge in [0, 0.05) is 11.9 Å². The fourth-order valence-electron chi connectivity index (χ4n) is 1.07. The summed E-state index contributed by atoms with van der Waals surface area (Å²) in [7, 11) is 1.63. The molecule has 2 N–H and O–H groups in total. The highest BCUT2D eigenvalue weighted by atomic mass is 79.9. The van der Waals surface area contributed by atoms with Crippen molar-refractivity contribution in [3.05, 3.63) is 24.3 Å². The highest BCUT2D eigenvalue weighted by molar-refractivity contribution is 9.09. The van der Waals surface area contributed by atoms with Crippen LogP contribution in [0.15, 0.2) is 24.3 Å². The molecule has 0 aromatic heterocycles. The molecule has 78 valence electrons. The first-order valence-electron chi connectivity index (χ1n) is 4.39. The Morgan fingerprint density at radius 2 is 2.21 bits per heavy atom. The number of alkyl halides is 1. The van der Waals surface area contributed by atoms with E-state index in [0.29, 0.717) is 11.9 Å². The SMILES string of the molecule is COc1ccccc1NCC(O)CBr. The van der Waals surface area contributed by atoms with E-state index in [0.717, 1.165) is 11.4 Å². The van der Waals surface area contributed by atoms with Crippen LogP contribution in [-0.2, 0) is 0 Å². The first-order chi connectivity index (χ1) is 6.77. The molecule has 0 aliphatic carbocycles. The third kappa shape index (κ3) is 3.20. The van der Waals surface area contributed by atoms with Crippen molar-refractivity contribution in [2.75, 3.05) is 24.3 Å². The minimum Gasteiger partial charge on any atom is -0.495 e. The molecule has 0 amide bonds. The first kappa shape index (κ1) is 11.3. The Bertz CT molecular complexity index is 281. The van der Waals surface area contributed by atoms with Gasteiger partial charge in [0.05, 0.1) is 18.9 Å². The summed E-state index contributed by atoms with van der Waals surface area (Å²) in [5.41, 5.74) is 0.898. The Morgan fingerprint density at radius 3 is 2.86 bits per heavy atom. The molecule has 0 saturated carbocycles. The topological polar surface area (TPSA) is 41.5 Å². The smallest absolute Gasteiger partial charge is 0.141 e. The molecule has 1 unspecified atom stereocenters. The van der Waals surface area contributed by atoms with Gasteiger partial charge in [0.25, 0.3) is 0 Å². The van der Waals surface area contributed by atoms with E-state index in [1.54, 1.807) is 7.11 Å². The Hall–Kier alpha value is -0.740. The number of benzene rings is 1. The number of nitrogens with one attached hydrogen (secondary N) is 1. The first-order valence-corrected chi connectivity index (χ1v) is 5.51. The number of aliphatic hydroxyl groups is 1. The number of anilines is 1. The second kappa shape index (κ2) is 5.88. The fraction of sp³-hybridized carbons (Fsp3) is 0.400. The second-order valence-electron chi connectivity index (χ2n) is 2.89. The normalized spacial score (nSPS) is 12.2. The molecular weight excluding hydrogens is 246 g/mol. The molecule has 0 saturated heterocycles. The van der Waals surface area contributed by atoms with Crippen LogP contribution in [0.25, 0.3) is 0 Å². The van der Waals surface area contributed by atoms with Gasteiger partial charge in [0.1, 0.15) is 5.75 Å². The maximum Gasteiger partial charge on any atom is 0.141 e. The Morgan fingerprint density at radius 1 is 1.50 bits per heavy atom. The molecule has 0 aliphatic rings. The molecule has 0 radical (unpaired) electrons. The molecule has 1 atom stereocenters. The van der Waals surface area contributed by atoms with E-state index in [1.165, 1.54) is 0 Å². The van der Waals surface area contributed by atoms with Gasteiger partial charge >= 0.3 is 0 Å². The number of hydrogen-bond acceptors (Lipinski definition) is 3. The Labute approximate surface area is 92.2 Å². The number of hydrogen-bond donors (Lipinski definition) is 2. The number of ether oxygens (including phenoxy) is 1. The monoisotopic (exact) mass is 259 g/mol. The van der Waals surface area contributed by atoms with Gasteiger partial charge in [-0.3, -0.25) is 0 Å². The molecule has 1 aromatic rings. The molecule has 0 heterocycles. The van der Waals surface area contributed by atoms with Gasteiger partial charge in [-0.15, -0.1) is 0 Å². The van der Waals surface area contributed by atoms with Gasteiger partial charge in [0.2, 0.25) is 0 Å². The lowest BCUT2D eigenvalue weighted by Gasteiger charge is -2.12. The van der Waals surface area contributed by atoms with Gasteiger partial charge in [-0.1, -0.05) is 28.1 Å². The third-order valence-electron chi connectivity index (χ3n) is 1.81. The van der Waals surface area contributed by atoms with E-state index in [9.17, 15) is 5.11 Å². The highest BCUT2D eigenvalue weighted by Crippen LogP contribution is 2.22. The summed E-state index contributed by atoms with van der Waals surface area (Å²) in [6.07, 6.45) is -0.389. The maximum absolute atomic E-state index is 9.33. The number of halogens is 1. The number of methoxy groups -OCH3 is 1. The standard InChI is InChI=1S/C10H14BrNO2/c1-14-10-5-3-2-4-9(10)12-7-8(13)6-11/h2-5,8,12-13H,6-7H2,1H3. The predicted octanol–water partition coefficient (Wildman–Crippen LogP) is 1.86. The summed E-state index contributed by atoms with van der Waals surface area (Å²) in [5, 5.41) is 13.0. The lowest BCUT2D eigenvalue weighted by molar-refractivity contribution is 0.214. The highest BCUT2D eigenvalue weighted by Gasteiger charge is 2.04. The van der Waals surface area contributed by atoms with Crippen molar-refractivity contribution >= 4 is 21.6 Å². The van der Waals surface area contributed by atoms with E-state index >= 15 is 0 Å². The van der Waals surface area contributed by atoms with Crippen LogP contribution in [0.1, 0.15) is 0 Å². The van der Waals surface area contributed by atoms with Crippen LogP contribution in [0.2, 0.25) is 0 Å². The van der Waals surface area contributed by atoms with E-state index in [4.69, 9.17) is 4.74 Å². The van der Waals surface area contributed by atoms with Crippen molar-refractivity contribution in [1.82, 2.24) is 0 Å². The molecule has 14 heavy (non-hydrogen) atoms. The van der Waals surface area contributed by atoms with Gasteiger partial charge in [-0.05, 0) is 12.1 Å². The van der Waals surface area contributed by atoms with Crippen molar-refractivity contribution in [1.29, 1.82) is 0 Å². The molecule has 1 aromatic carbocycles. The number of para-hydroxylation sites is 2.